The number of likely N-dealkylation sites (N-methyl/N-ethyl adjacent to an activating group) is 1. The molecule has 3 aromatic rings. The molecule has 1 unspecified atom stereocenters. The minimum Gasteiger partial charge on any atom is -0.339 e. The first-order valence-electron chi connectivity index (χ1n) is 7.21. The van der Waals surface area contributed by atoms with Crippen molar-refractivity contribution in [2.24, 2.45) is 0 Å². The molecule has 0 radical (unpaired) electrons. The van der Waals surface area contributed by atoms with Crippen LogP contribution < -0.4 is 5.32 Å². The van der Waals surface area contributed by atoms with E-state index in [0.717, 1.165) is 12.2 Å². The van der Waals surface area contributed by atoms with Gasteiger partial charge >= 0.3 is 0 Å². The van der Waals surface area contributed by atoms with Crippen LogP contribution in [0.3, 0.4) is 0 Å². The maximum absolute atomic E-state index is 5.37. The van der Waals surface area contributed by atoms with E-state index in [1.165, 1.54) is 16.3 Å². The molecular weight excluding hydrogens is 262 g/mol. The Morgan fingerprint density at radius 2 is 1.95 bits per heavy atom. The summed E-state index contributed by atoms with van der Waals surface area (Å²) < 4.78 is 5.37. The second-order valence-electron chi connectivity index (χ2n) is 5.31. The van der Waals surface area contributed by atoms with Crippen molar-refractivity contribution >= 4 is 10.8 Å². The minimum absolute atomic E-state index is 0.341. The zero-order valence-corrected chi connectivity index (χ0v) is 12.3. The third kappa shape index (κ3) is 3.11. The minimum atomic E-state index is 0.341. The Hall–Kier alpha value is -2.20. The molecule has 1 N–H and O–H groups in total. The lowest BCUT2D eigenvalue weighted by Crippen LogP contribution is -2.24. The topological polar surface area (TPSA) is 51.0 Å². The Bertz CT molecular complexity index is 730. The van der Waals surface area contributed by atoms with E-state index in [-0.39, 0.29) is 0 Å². The molecular formula is C17H19N3O. The van der Waals surface area contributed by atoms with Gasteiger partial charge in [-0.25, -0.2) is 0 Å². The van der Waals surface area contributed by atoms with E-state index in [1.807, 2.05) is 7.05 Å². The van der Waals surface area contributed by atoms with E-state index in [1.54, 1.807) is 0 Å². The number of fused-ring (bicyclic) bond motifs is 1. The maximum atomic E-state index is 5.37. The molecule has 0 saturated heterocycles. The summed E-state index contributed by atoms with van der Waals surface area (Å²) in [6.07, 6.45) is 1.44. The predicted molar refractivity (Wildman–Crippen MR) is 83.3 cm³/mol. The second kappa shape index (κ2) is 6.06. The van der Waals surface area contributed by atoms with E-state index in [9.17, 15) is 0 Å². The van der Waals surface area contributed by atoms with Gasteiger partial charge in [0.1, 0.15) is 0 Å². The Morgan fingerprint density at radius 3 is 2.81 bits per heavy atom. The van der Waals surface area contributed by atoms with Crippen LogP contribution >= 0.6 is 0 Å². The Morgan fingerprint density at radius 1 is 1.14 bits per heavy atom. The molecule has 0 spiro atoms. The molecule has 1 atom stereocenters. The van der Waals surface area contributed by atoms with Gasteiger partial charge in [0.25, 0.3) is 0 Å². The molecule has 21 heavy (non-hydrogen) atoms. The van der Waals surface area contributed by atoms with Crippen molar-refractivity contribution in [3.8, 4) is 0 Å². The Balaban J connectivity index is 1.82. The monoisotopic (exact) mass is 281 g/mol. The summed E-state index contributed by atoms with van der Waals surface area (Å²) in [5.41, 5.74) is 1.21. The van der Waals surface area contributed by atoms with E-state index in [2.05, 4.69) is 64.8 Å². The smallest absolute Gasteiger partial charge is 0.231 e. The first-order valence-corrected chi connectivity index (χ1v) is 7.21. The van der Waals surface area contributed by atoms with Crippen molar-refractivity contribution in [3.63, 3.8) is 0 Å². The third-order valence-electron chi connectivity index (χ3n) is 3.71. The molecule has 1 aromatic heterocycles. The summed E-state index contributed by atoms with van der Waals surface area (Å²) in [6.45, 7) is 2.10. The first-order chi connectivity index (χ1) is 10.3. The highest BCUT2D eigenvalue weighted by molar-refractivity contribution is 5.85. The molecule has 2 aromatic carbocycles. The molecule has 0 aliphatic carbocycles. The van der Waals surface area contributed by atoms with Crippen LogP contribution in [0.4, 0.5) is 0 Å². The number of nitrogens with one attached hydrogen (secondary N) is 1. The number of hydrogen-bond acceptors (Lipinski definition) is 4. The van der Waals surface area contributed by atoms with Crippen LogP contribution in [-0.4, -0.2) is 23.2 Å². The lowest BCUT2D eigenvalue weighted by molar-refractivity contribution is 0.377. The number of benzene rings is 2. The van der Waals surface area contributed by atoms with Gasteiger partial charge in [-0.2, -0.15) is 4.98 Å². The molecule has 0 fully saturated rings. The van der Waals surface area contributed by atoms with Crippen LogP contribution in [0.1, 0.15) is 24.2 Å². The average Bonchev–Trinajstić information content (AvgIpc) is 2.94. The van der Waals surface area contributed by atoms with Gasteiger partial charge in [0, 0.05) is 12.5 Å². The van der Waals surface area contributed by atoms with Crippen LogP contribution in [0.2, 0.25) is 0 Å². The van der Waals surface area contributed by atoms with Crippen LogP contribution in [0.5, 0.6) is 0 Å². The molecule has 4 heteroatoms. The van der Waals surface area contributed by atoms with Crippen molar-refractivity contribution in [2.75, 3.05) is 7.05 Å². The second-order valence-corrected chi connectivity index (χ2v) is 5.31. The average molecular weight is 281 g/mol. The molecule has 0 bridgehead atoms. The Labute approximate surface area is 124 Å². The van der Waals surface area contributed by atoms with Gasteiger partial charge in [0.05, 0.1) is 6.42 Å². The molecule has 4 nitrogen and oxygen atoms in total. The zero-order valence-electron chi connectivity index (χ0n) is 12.3. The fourth-order valence-electron chi connectivity index (χ4n) is 2.43. The summed E-state index contributed by atoms with van der Waals surface area (Å²) >= 11 is 0. The summed E-state index contributed by atoms with van der Waals surface area (Å²) in [6, 6.07) is 15.0. The van der Waals surface area contributed by atoms with Crippen molar-refractivity contribution in [2.45, 2.75) is 25.8 Å². The van der Waals surface area contributed by atoms with E-state index < -0.39 is 0 Å². The predicted octanol–water partition coefficient (Wildman–Crippen LogP) is 2.96. The van der Waals surface area contributed by atoms with Gasteiger partial charge in [0.15, 0.2) is 5.82 Å². The van der Waals surface area contributed by atoms with Gasteiger partial charge < -0.3 is 9.84 Å². The van der Waals surface area contributed by atoms with Gasteiger partial charge in [-0.05, 0) is 30.3 Å². The normalized spacial score (nSPS) is 12.7. The standard InChI is InChI=1S/C17H19N3O/c1-12(18-2)10-16-19-17(21-20-16)11-14-8-5-7-13-6-3-4-9-15(13)14/h3-9,12,18H,10-11H2,1-2H3. The number of aromatic nitrogens is 2. The summed E-state index contributed by atoms with van der Waals surface area (Å²) in [5.74, 6) is 1.43. The van der Waals surface area contributed by atoms with Gasteiger partial charge in [-0.15, -0.1) is 0 Å². The van der Waals surface area contributed by atoms with Gasteiger partial charge in [0.2, 0.25) is 5.89 Å². The summed E-state index contributed by atoms with van der Waals surface area (Å²) in [5, 5.41) is 9.70. The molecule has 1 heterocycles. The maximum Gasteiger partial charge on any atom is 0.231 e. The fourth-order valence-corrected chi connectivity index (χ4v) is 2.43. The molecule has 0 amide bonds. The zero-order chi connectivity index (χ0) is 14.7. The molecule has 108 valence electrons. The van der Waals surface area contributed by atoms with E-state index >= 15 is 0 Å². The third-order valence-corrected chi connectivity index (χ3v) is 3.71. The van der Waals surface area contributed by atoms with Crippen molar-refractivity contribution in [3.05, 3.63) is 59.7 Å². The van der Waals surface area contributed by atoms with Crippen LogP contribution in [-0.2, 0) is 12.8 Å². The largest absolute Gasteiger partial charge is 0.339 e. The van der Waals surface area contributed by atoms with Crippen LogP contribution in [0, 0.1) is 0 Å². The van der Waals surface area contributed by atoms with Gasteiger partial charge in [-0.1, -0.05) is 47.6 Å². The lowest BCUT2D eigenvalue weighted by atomic mass is 10.0. The molecule has 0 aliphatic rings. The van der Waals surface area contributed by atoms with Gasteiger partial charge in [-0.3, -0.25) is 0 Å². The number of rotatable bonds is 5. The van der Waals surface area contributed by atoms with Crippen LogP contribution in [0.15, 0.2) is 47.0 Å². The molecule has 0 saturated carbocycles. The highest BCUT2D eigenvalue weighted by Gasteiger charge is 2.11. The van der Waals surface area contributed by atoms with E-state index in [0.29, 0.717) is 18.4 Å². The number of hydrogen-bond donors (Lipinski definition) is 1. The summed E-state index contributed by atoms with van der Waals surface area (Å²) in [4.78, 5) is 4.48. The number of nitrogens with zero attached hydrogens (tertiary/aromatic N) is 2. The highest BCUT2D eigenvalue weighted by atomic mass is 16.5. The van der Waals surface area contributed by atoms with E-state index in [4.69, 9.17) is 4.52 Å². The Kier molecular flexibility index (Phi) is 3.97. The molecule has 0 aliphatic heterocycles. The fraction of sp³-hybridized carbons (Fsp3) is 0.294. The highest BCUT2D eigenvalue weighted by Crippen LogP contribution is 2.20. The quantitative estimate of drug-likeness (QED) is 0.781. The lowest BCUT2D eigenvalue weighted by Gasteiger charge is -2.05. The van der Waals surface area contributed by atoms with Crippen molar-refractivity contribution in [1.82, 2.24) is 15.5 Å². The summed E-state index contributed by atoms with van der Waals surface area (Å²) in [7, 11) is 1.93. The first kappa shape index (κ1) is 13.8. The SMILES string of the molecule is CNC(C)Cc1noc(Cc2cccc3ccccc23)n1. The molecule has 3 rings (SSSR count). The van der Waals surface area contributed by atoms with Crippen molar-refractivity contribution < 1.29 is 4.52 Å². The van der Waals surface area contributed by atoms with Crippen molar-refractivity contribution in [1.29, 1.82) is 0 Å². The van der Waals surface area contributed by atoms with Crippen LogP contribution in [0.25, 0.3) is 10.8 Å².